The van der Waals surface area contributed by atoms with Gasteiger partial charge in [-0.25, -0.2) is 4.98 Å². The largest absolute Gasteiger partial charge is 0.349 e. The molecule has 4 aromatic rings. The van der Waals surface area contributed by atoms with Crippen molar-refractivity contribution in [3.05, 3.63) is 78.6 Å². The lowest BCUT2D eigenvalue weighted by atomic mass is 9.95. The van der Waals surface area contributed by atoms with E-state index in [0.29, 0.717) is 19.5 Å². The maximum Gasteiger partial charge on any atom is 0.224 e. The number of benzene rings is 1. The van der Waals surface area contributed by atoms with Gasteiger partial charge in [-0.1, -0.05) is 29.8 Å². The fourth-order valence-electron chi connectivity index (χ4n) is 4.94. The van der Waals surface area contributed by atoms with E-state index in [-0.39, 0.29) is 17.9 Å². The van der Waals surface area contributed by atoms with Gasteiger partial charge in [-0.3, -0.25) is 14.7 Å². The molecule has 0 unspecified atom stereocenters. The second-order valence-corrected chi connectivity index (χ2v) is 11.6. The second kappa shape index (κ2) is 8.57. The van der Waals surface area contributed by atoms with E-state index >= 15 is 0 Å². The van der Waals surface area contributed by atoms with Crippen molar-refractivity contribution in [3.8, 4) is 5.00 Å². The summed E-state index contributed by atoms with van der Waals surface area (Å²) in [6.45, 7) is 5.07. The average Bonchev–Trinajstić information content (AvgIpc) is 3.56. The Balaban J connectivity index is 1.35. The van der Waals surface area contributed by atoms with Crippen molar-refractivity contribution in [2.45, 2.75) is 45.8 Å². The number of aryl methyl sites for hydroxylation is 2. The Morgan fingerprint density at radius 2 is 2.09 bits per heavy atom. The van der Waals surface area contributed by atoms with Gasteiger partial charge in [0, 0.05) is 32.5 Å². The predicted octanol–water partition coefficient (Wildman–Crippen LogP) is 4.28. The van der Waals surface area contributed by atoms with Gasteiger partial charge in [0.05, 0.1) is 19.1 Å². The van der Waals surface area contributed by atoms with Crippen LogP contribution < -0.4 is 10.6 Å². The van der Waals surface area contributed by atoms with Crippen LogP contribution in [0.3, 0.4) is 0 Å². The smallest absolute Gasteiger partial charge is 0.224 e. The molecule has 1 aliphatic heterocycles. The molecule has 1 aliphatic carbocycles. The number of carbonyl (C=O) groups excluding carboxylic acids is 1. The molecule has 0 bridgehead atoms. The molecule has 6 rings (SSSR count). The molecule has 2 aliphatic rings. The Morgan fingerprint density at radius 3 is 2.88 bits per heavy atom. The third kappa shape index (κ3) is 3.67. The third-order valence-corrected chi connectivity index (χ3v) is 9.02. The highest BCUT2D eigenvalue weighted by atomic mass is 35.5. The highest BCUT2D eigenvalue weighted by Crippen LogP contribution is 2.46. The van der Waals surface area contributed by atoms with Gasteiger partial charge in [-0.2, -0.15) is 0 Å². The number of thiophene rings is 1. The van der Waals surface area contributed by atoms with E-state index in [0.717, 1.165) is 43.5 Å². The average molecular weight is 511 g/mol. The van der Waals surface area contributed by atoms with Gasteiger partial charge in [0.15, 0.2) is 5.82 Å². The van der Waals surface area contributed by atoms with Gasteiger partial charge >= 0.3 is 0 Å². The fourth-order valence-corrected chi connectivity index (χ4v) is 7.42. The Hall–Kier alpha value is -2.59. The fraction of sp³-hybridized carbons (Fsp3) is 0.333. The number of nitrogens with one attached hydrogen (secondary N) is 2. The van der Waals surface area contributed by atoms with Gasteiger partial charge in [0.25, 0.3) is 0 Å². The van der Waals surface area contributed by atoms with Gasteiger partial charge < -0.3 is 5.32 Å². The highest BCUT2D eigenvalue weighted by molar-refractivity contribution is 7.15. The normalized spacial score (nSPS) is 18.8. The number of thiazole rings is 1. The van der Waals surface area contributed by atoms with Crippen LogP contribution in [0.2, 0.25) is 5.02 Å². The topological polar surface area (TPSA) is 84.7 Å². The first kappa shape index (κ1) is 21.9. The number of fused-ring (bicyclic) bond motifs is 5. The summed E-state index contributed by atoms with van der Waals surface area (Å²) in [4.78, 5) is 19.8. The summed E-state index contributed by atoms with van der Waals surface area (Å²) in [6.07, 6.45) is 3.29. The molecular weight excluding hydrogens is 488 g/mol. The predicted molar refractivity (Wildman–Crippen MR) is 134 cm³/mol. The van der Waals surface area contributed by atoms with E-state index in [1.54, 1.807) is 22.7 Å². The first-order chi connectivity index (χ1) is 16.5. The summed E-state index contributed by atoms with van der Waals surface area (Å²) in [5, 5.41) is 18.3. The van der Waals surface area contributed by atoms with Crippen LogP contribution in [0, 0.1) is 19.8 Å². The molecule has 0 radical (unpaired) electrons. The number of halogens is 1. The molecule has 2 atom stereocenters. The molecule has 34 heavy (non-hydrogen) atoms. The molecule has 4 heterocycles. The van der Waals surface area contributed by atoms with Gasteiger partial charge in [0.2, 0.25) is 5.91 Å². The molecule has 7 nitrogen and oxygen atoms in total. The lowest BCUT2D eigenvalue weighted by molar-refractivity contribution is -0.124. The number of hydrogen-bond acceptors (Lipinski definition) is 7. The third-order valence-electron chi connectivity index (χ3n) is 6.51. The van der Waals surface area contributed by atoms with Crippen molar-refractivity contribution in [3.63, 3.8) is 0 Å². The first-order valence-corrected chi connectivity index (χ1v) is 13.2. The minimum absolute atomic E-state index is 0.0788. The maximum atomic E-state index is 13.1. The van der Waals surface area contributed by atoms with Crippen LogP contribution in [0.4, 0.5) is 0 Å². The monoisotopic (exact) mass is 510 g/mol. The zero-order chi connectivity index (χ0) is 23.4. The van der Waals surface area contributed by atoms with Crippen LogP contribution >= 0.6 is 34.3 Å². The van der Waals surface area contributed by atoms with E-state index < -0.39 is 0 Å². The summed E-state index contributed by atoms with van der Waals surface area (Å²) < 4.78 is 2.15. The van der Waals surface area contributed by atoms with E-state index in [4.69, 9.17) is 11.6 Å². The van der Waals surface area contributed by atoms with Gasteiger partial charge in [-0.05, 0) is 43.9 Å². The summed E-state index contributed by atoms with van der Waals surface area (Å²) in [5.41, 5.74) is 3.48. The van der Waals surface area contributed by atoms with Crippen LogP contribution in [0.1, 0.15) is 49.1 Å². The van der Waals surface area contributed by atoms with Crippen molar-refractivity contribution >= 4 is 40.2 Å². The molecule has 10 heteroatoms. The molecule has 3 aromatic heterocycles. The number of nitrogens with zero attached hydrogens (tertiary/aromatic N) is 4. The summed E-state index contributed by atoms with van der Waals surface area (Å²) >= 11 is 10.0. The highest BCUT2D eigenvalue weighted by Gasteiger charge is 2.38. The number of amides is 1. The Labute approximate surface area is 210 Å². The van der Waals surface area contributed by atoms with Crippen molar-refractivity contribution in [2.75, 3.05) is 0 Å². The van der Waals surface area contributed by atoms with E-state index in [1.807, 2.05) is 38.2 Å². The number of rotatable bonds is 4. The minimum atomic E-state index is -0.0794. The lowest BCUT2D eigenvalue weighted by Gasteiger charge is -2.20. The van der Waals surface area contributed by atoms with Crippen LogP contribution in [0.15, 0.2) is 30.5 Å². The molecule has 0 fully saturated rings. The summed E-state index contributed by atoms with van der Waals surface area (Å²) in [5.74, 6) is 1.76. The van der Waals surface area contributed by atoms with E-state index in [1.165, 1.54) is 16.0 Å². The molecule has 0 spiro atoms. The van der Waals surface area contributed by atoms with Crippen molar-refractivity contribution in [1.82, 2.24) is 30.4 Å². The maximum absolute atomic E-state index is 13.1. The molecule has 0 saturated carbocycles. The molecular formula is C24H23ClN6OS2. The van der Waals surface area contributed by atoms with E-state index in [2.05, 4.69) is 36.4 Å². The van der Waals surface area contributed by atoms with Crippen LogP contribution in [0.5, 0.6) is 0 Å². The van der Waals surface area contributed by atoms with Gasteiger partial charge in [0.1, 0.15) is 15.8 Å². The van der Waals surface area contributed by atoms with Crippen molar-refractivity contribution in [1.29, 1.82) is 0 Å². The molecule has 174 valence electrons. The Morgan fingerprint density at radius 1 is 1.24 bits per heavy atom. The van der Waals surface area contributed by atoms with Crippen LogP contribution in [-0.2, 0) is 30.7 Å². The standard InChI is InChI=1S/C24H23ClN6OS2/c1-12-9-26-20(33-12)11-28-23(32)14-7-16-18(8-14)34-24-21(16)22(15-5-3-4-6-17(15)25)27-10-19-30-29-13(2)31(19)24/h3-6,9,14,22,27H,7-8,10-11H2,1-2H3,(H,28,32)/t14-,22-/m0/s1. The zero-order valence-corrected chi connectivity index (χ0v) is 21.2. The van der Waals surface area contributed by atoms with E-state index in [9.17, 15) is 4.79 Å². The first-order valence-electron chi connectivity index (χ1n) is 11.2. The Bertz CT molecular complexity index is 1410. The van der Waals surface area contributed by atoms with Crippen molar-refractivity contribution in [2.24, 2.45) is 5.92 Å². The molecule has 0 saturated heterocycles. The SMILES string of the molecule is Cc1cnc(CNC(=O)[C@@H]2Cc3sc4c(c3C2)[C@H](c2ccccc2Cl)NCc2nnc(C)n2-4)s1. The minimum Gasteiger partial charge on any atom is -0.349 e. The van der Waals surface area contributed by atoms with Crippen molar-refractivity contribution < 1.29 is 4.79 Å². The molecule has 1 aromatic carbocycles. The summed E-state index contributed by atoms with van der Waals surface area (Å²) in [6, 6.07) is 7.89. The second-order valence-electron chi connectivity index (χ2n) is 8.74. The number of carbonyl (C=O) groups is 1. The zero-order valence-electron chi connectivity index (χ0n) is 18.8. The van der Waals surface area contributed by atoms with Crippen LogP contribution in [0.25, 0.3) is 5.00 Å². The quantitative estimate of drug-likeness (QED) is 0.428. The Kier molecular flexibility index (Phi) is 5.52. The van der Waals surface area contributed by atoms with Crippen LogP contribution in [-0.4, -0.2) is 25.7 Å². The number of hydrogen-bond donors (Lipinski definition) is 2. The lowest BCUT2D eigenvalue weighted by Crippen LogP contribution is -2.30. The molecule has 1 amide bonds. The molecule has 2 N–H and O–H groups in total. The number of aromatic nitrogens is 4. The summed E-state index contributed by atoms with van der Waals surface area (Å²) in [7, 11) is 0. The van der Waals surface area contributed by atoms with Gasteiger partial charge in [-0.15, -0.1) is 32.9 Å².